The van der Waals surface area contributed by atoms with E-state index in [2.05, 4.69) is 11.4 Å². The Morgan fingerprint density at radius 2 is 2.14 bits per heavy atom. The molecule has 0 unspecified atom stereocenters. The van der Waals surface area contributed by atoms with Crippen molar-refractivity contribution in [2.45, 2.75) is 32.8 Å². The van der Waals surface area contributed by atoms with Gasteiger partial charge in [0.25, 0.3) is 0 Å². The molecule has 4 nitrogen and oxygen atoms in total. The van der Waals surface area contributed by atoms with E-state index in [0.29, 0.717) is 13.1 Å². The standard InChI is InChI=1S/C10H16N2O2/c1-9(2,3)14-8(13)4-10(5-11)6-12-7-10/h12H,4,6-7H2,1-3H3. The highest BCUT2D eigenvalue weighted by molar-refractivity contribution is 5.71. The summed E-state index contributed by atoms with van der Waals surface area (Å²) in [7, 11) is 0. The average Bonchev–Trinajstić information content (AvgIpc) is 1.93. The van der Waals surface area contributed by atoms with Crippen molar-refractivity contribution in [2.24, 2.45) is 5.41 Å². The van der Waals surface area contributed by atoms with Crippen LogP contribution >= 0.6 is 0 Å². The lowest BCUT2D eigenvalue weighted by Gasteiger charge is -2.35. The molecule has 1 aliphatic rings. The van der Waals surface area contributed by atoms with Crippen LogP contribution in [0.5, 0.6) is 0 Å². The molecule has 0 bridgehead atoms. The number of rotatable bonds is 2. The van der Waals surface area contributed by atoms with E-state index in [9.17, 15) is 4.79 Å². The van der Waals surface area contributed by atoms with Crippen molar-refractivity contribution in [3.05, 3.63) is 0 Å². The maximum atomic E-state index is 11.4. The Hall–Kier alpha value is -1.08. The van der Waals surface area contributed by atoms with Crippen molar-refractivity contribution in [1.29, 1.82) is 5.26 Å². The molecule has 0 aromatic carbocycles. The minimum Gasteiger partial charge on any atom is -0.460 e. The van der Waals surface area contributed by atoms with E-state index in [1.165, 1.54) is 0 Å². The van der Waals surface area contributed by atoms with E-state index in [0.717, 1.165) is 0 Å². The van der Waals surface area contributed by atoms with Gasteiger partial charge in [0.2, 0.25) is 0 Å². The molecule has 0 atom stereocenters. The second-order valence-corrected chi connectivity index (χ2v) is 4.76. The van der Waals surface area contributed by atoms with Crippen LogP contribution in [-0.4, -0.2) is 24.7 Å². The van der Waals surface area contributed by atoms with Gasteiger partial charge in [0.05, 0.1) is 17.9 Å². The first-order chi connectivity index (χ1) is 6.37. The molecule has 0 spiro atoms. The first-order valence-electron chi connectivity index (χ1n) is 4.71. The van der Waals surface area contributed by atoms with Gasteiger partial charge in [0.1, 0.15) is 5.60 Å². The predicted octanol–water partition coefficient (Wildman–Crippen LogP) is 0.831. The fraction of sp³-hybridized carbons (Fsp3) is 0.800. The first kappa shape index (κ1) is 11.0. The molecule has 4 heteroatoms. The Balaban J connectivity index is 2.45. The predicted molar refractivity (Wildman–Crippen MR) is 51.4 cm³/mol. The van der Waals surface area contributed by atoms with Gasteiger partial charge in [-0.3, -0.25) is 4.79 Å². The number of hydrogen-bond donors (Lipinski definition) is 1. The van der Waals surface area contributed by atoms with Crippen molar-refractivity contribution in [2.75, 3.05) is 13.1 Å². The van der Waals surface area contributed by atoms with Crippen molar-refractivity contribution in [1.82, 2.24) is 5.32 Å². The van der Waals surface area contributed by atoms with Gasteiger partial charge in [-0.25, -0.2) is 0 Å². The van der Waals surface area contributed by atoms with Gasteiger partial charge in [-0.05, 0) is 20.8 Å². The molecule has 0 saturated carbocycles. The molecule has 0 aromatic rings. The summed E-state index contributed by atoms with van der Waals surface area (Å²) in [5, 5.41) is 11.9. The summed E-state index contributed by atoms with van der Waals surface area (Å²) in [5.74, 6) is -0.291. The van der Waals surface area contributed by atoms with E-state index in [1.54, 1.807) is 0 Å². The minimum atomic E-state index is -0.525. The number of hydrogen-bond acceptors (Lipinski definition) is 4. The van der Waals surface area contributed by atoms with Crippen molar-refractivity contribution in [3.8, 4) is 6.07 Å². The van der Waals surface area contributed by atoms with E-state index in [-0.39, 0.29) is 12.4 Å². The summed E-state index contributed by atoms with van der Waals surface area (Å²) in [6.45, 7) is 6.64. The Bertz CT molecular complexity index is 269. The smallest absolute Gasteiger partial charge is 0.308 e. The zero-order valence-electron chi connectivity index (χ0n) is 8.89. The molecule has 1 heterocycles. The molecule has 14 heavy (non-hydrogen) atoms. The molecule has 1 rings (SSSR count). The molecule has 1 aliphatic heterocycles. The lowest BCUT2D eigenvalue weighted by atomic mass is 9.80. The lowest BCUT2D eigenvalue weighted by Crippen LogP contribution is -2.53. The summed E-state index contributed by atoms with van der Waals surface area (Å²) in [5.41, 5.74) is -0.993. The van der Waals surface area contributed by atoms with Gasteiger partial charge in [-0.15, -0.1) is 0 Å². The maximum Gasteiger partial charge on any atom is 0.308 e. The van der Waals surface area contributed by atoms with Gasteiger partial charge >= 0.3 is 5.97 Å². The molecular weight excluding hydrogens is 180 g/mol. The Morgan fingerprint density at radius 1 is 1.57 bits per heavy atom. The van der Waals surface area contributed by atoms with Crippen molar-refractivity contribution < 1.29 is 9.53 Å². The summed E-state index contributed by atoms with van der Waals surface area (Å²) in [6, 6.07) is 2.17. The van der Waals surface area contributed by atoms with Crippen LogP contribution in [0, 0.1) is 16.7 Å². The number of carbonyl (C=O) groups is 1. The zero-order chi connectivity index (χ0) is 10.8. The number of nitrogens with one attached hydrogen (secondary N) is 1. The topological polar surface area (TPSA) is 62.1 Å². The van der Waals surface area contributed by atoms with Crippen LogP contribution in [-0.2, 0) is 9.53 Å². The Kier molecular flexibility index (Phi) is 2.81. The molecule has 0 radical (unpaired) electrons. The van der Waals surface area contributed by atoms with Gasteiger partial charge in [-0.2, -0.15) is 5.26 Å². The highest BCUT2D eigenvalue weighted by atomic mass is 16.6. The molecule has 1 N–H and O–H groups in total. The SMILES string of the molecule is CC(C)(C)OC(=O)CC1(C#N)CNC1. The fourth-order valence-corrected chi connectivity index (χ4v) is 1.32. The maximum absolute atomic E-state index is 11.4. The number of nitriles is 1. The zero-order valence-corrected chi connectivity index (χ0v) is 8.89. The average molecular weight is 196 g/mol. The van der Waals surface area contributed by atoms with Crippen LogP contribution < -0.4 is 5.32 Å². The normalized spacial score (nSPS) is 19.3. The number of carbonyl (C=O) groups excluding carboxylic acids is 1. The Labute approximate surface area is 84.2 Å². The van der Waals surface area contributed by atoms with Crippen LogP contribution in [0.15, 0.2) is 0 Å². The summed E-state index contributed by atoms with van der Waals surface area (Å²) in [6.07, 6.45) is 0.188. The quantitative estimate of drug-likeness (QED) is 0.664. The van der Waals surface area contributed by atoms with Gasteiger partial charge in [0, 0.05) is 13.1 Å². The van der Waals surface area contributed by atoms with Gasteiger partial charge < -0.3 is 10.1 Å². The Morgan fingerprint density at radius 3 is 2.43 bits per heavy atom. The van der Waals surface area contributed by atoms with Crippen LogP contribution in [0.1, 0.15) is 27.2 Å². The molecule has 1 saturated heterocycles. The number of esters is 1. The van der Waals surface area contributed by atoms with E-state index in [1.807, 2.05) is 20.8 Å². The van der Waals surface area contributed by atoms with E-state index >= 15 is 0 Å². The third kappa shape index (κ3) is 2.71. The van der Waals surface area contributed by atoms with Gasteiger partial charge in [-0.1, -0.05) is 0 Å². The van der Waals surface area contributed by atoms with E-state index in [4.69, 9.17) is 10.00 Å². The third-order valence-electron chi connectivity index (χ3n) is 2.07. The van der Waals surface area contributed by atoms with Crippen LogP contribution in [0.25, 0.3) is 0 Å². The van der Waals surface area contributed by atoms with Crippen LogP contribution in [0.2, 0.25) is 0 Å². The number of nitrogens with zero attached hydrogens (tertiary/aromatic N) is 1. The molecule has 0 aromatic heterocycles. The molecule has 0 amide bonds. The highest BCUT2D eigenvalue weighted by Crippen LogP contribution is 2.27. The van der Waals surface area contributed by atoms with Crippen LogP contribution in [0.3, 0.4) is 0 Å². The van der Waals surface area contributed by atoms with Crippen molar-refractivity contribution in [3.63, 3.8) is 0 Å². The molecular formula is C10H16N2O2. The molecule has 78 valence electrons. The summed E-state index contributed by atoms with van der Waals surface area (Å²) in [4.78, 5) is 11.4. The minimum absolute atomic E-state index is 0.188. The number of ether oxygens (including phenoxy) is 1. The summed E-state index contributed by atoms with van der Waals surface area (Å²) < 4.78 is 5.15. The second-order valence-electron chi connectivity index (χ2n) is 4.76. The largest absolute Gasteiger partial charge is 0.460 e. The highest BCUT2D eigenvalue weighted by Gasteiger charge is 2.40. The fourth-order valence-electron chi connectivity index (χ4n) is 1.32. The lowest BCUT2D eigenvalue weighted by molar-refractivity contribution is -0.157. The second kappa shape index (κ2) is 3.58. The van der Waals surface area contributed by atoms with Crippen LogP contribution in [0.4, 0.5) is 0 Å². The molecule has 1 fully saturated rings. The monoisotopic (exact) mass is 196 g/mol. The molecule has 0 aliphatic carbocycles. The van der Waals surface area contributed by atoms with Crippen molar-refractivity contribution >= 4 is 5.97 Å². The first-order valence-corrected chi connectivity index (χ1v) is 4.71. The third-order valence-corrected chi connectivity index (χ3v) is 2.07. The summed E-state index contributed by atoms with van der Waals surface area (Å²) >= 11 is 0. The van der Waals surface area contributed by atoms with Gasteiger partial charge in [0.15, 0.2) is 0 Å². The van der Waals surface area contributed by atoms with E-state index < -0.39 is 11.0 Å².